The lowest BCUT2D eigenvalue weighted by molar-refractivity contribution is -0.114. The molecular weight excluding hydrogens is 246 g/mol. The number of hydrogen-bond donors (Lipinski definition) is 2. The highest BCUT2D eigenvalue weighted by molar-refractivity contribution is 5.96. The number of benzene rings is 1. The van der Waals surface area contributed by atoms with Crippen molar-refractivity contribution in [3.8, 4) is 6.07 Å². The maximum atomic E-state index is 11.4. The normalized spacial score (nSPS) is 10.4. The van der Waals surface area contributed by atoms with Gasteiger partial charge in [0.05, 0.1) is 12.2 Å². The fourth-order valence-corrected chi connectivity index (χ4v) is 1.23. The number of rotatable bonds is 5. The van der Waals surface area contributed by atoms with Crippen molar-refractivity contribution in [2.75, 3.05) is 11.9 Å². The predicted molar refractivity (Wildman–Crippen MR) is 68.9 cm³/mol. The third kappa shape index (κ3) is 4.16. The zero-order chi connectivity index (χ0) is 14.3. The third-order valence-electron chi connectivity index (χ3n) is 2.17. The van der Waals surface area contributed by atoms with Crippen molar-refractivity contribution in [3.63, 3.8) is 0 Å². The third-order valence-corrected chi connectivity index (χ3v) is 2.17. The summed E-state index contributed by atoms with van der Waals surface area (Å²) in [6, 6.07) is 8.06. The molecule has 98 valence electrons. The lowest BCUT2D eigenvalue weighted by Crippen LogP contribution is -2.13. The van der Waals surface area contributed by atoms with Crippen LogP contribution in [-0.4, -0.2) is 18.5 Å². The van der Waals surface area contributed by atoms with Crippen LogP contribution in [0.3, 0.4) is 0 Å². The van der Waals surface area contributed by atoms with Gasteiger partial charge in [-0.2, -0.15) is 5.26 Å². The standard InChI is InChI=1S/C13H13N3O3/c1-2-19-13(18)9-3-5-11(6-4-9)16-8-10(7-14)12(15)17/h3-6,8,16H,2H2,1H3,(H2,15,17)/b10-8-. The fourth-order valence-electron chi connectivity index (χ4n) is 1.23. The minimum Gasteiger partial charge on any atom is -0.462 e. The van der Waals surface area contributed by atoms with Crippen molar-refractivity contribution >= 4 is 17.6 Å². The van der Waals surface area contributed by atoms with Crippen molar-refractivity contribution in [2.24, 2.45) is 5.73 Å². The summed E-state index contributed by atoms with van der Waals surface area (Å²) in [6.45, 7) is 2.04. The smallest absolute Gasteiger partial charge is 0.338 e. The van der Waals surface area contributed by atoms with E-state index in [1.165, 1.54) is 6.20 Å². The summed E-state index contributed by atoms with van der Waals surface area (Å²) in [5, 5.41) is 11.4. The molecule has 0 saturated carbocycles. The van der Waals surface area contributed by atoms with Crippen LogP contribution in [0.25, 0.3) is 0 Å². The molecule has 6 heteroatoms. The molecule has 0 bridgehead atoms. The van der Waals surface area contributed by atoms with E-state index in [-0.39, 0.29) is 5.57 Å². The second kappa shape index (κ2) is 6.81. The van der Waals surface area contributed by atoms with Gasteiger partial charge >= 0.3 is 5.97 Å². The van der Waals surface area contributed by atoms with Gasteiger partial charge in [-0.3, -0.25) is 4.79 Å². The molecule has 0 aromatic heterocycles. The van der Waals surface area contributed by atoms with Crippen LogP contribution < -0.4 is 11.1 Å². The zero-order valence-electron chi connectivity index (χ0n) is 10.3. The molecular formula is C13H13N3O3. The molecule has 0 aliphatic carbocycles. The highest BCUT2D eigenvalue weighted by Gasteiger charge is 2.06. The molecule has 3 N–H and O–H groups in total. The molecule has 0 radical (unpaired) electrons. The first-order valence-electron chi connectivity index (χ1n) is 5.52. The topological polar surface area (TPSA) is 105 Å². The van der Waals surface area contributed by atoms with Crippen molar-refractivity contribution in [2.45, 2.75) is 6.92 Å². The Hall–Kier alpha value is -2.81. The highest BCUT2D eigenvalue weighted by atomic mass is 16.5. The van der Waals surface area contributed by atoms with Gasteiger partial charge in [0.1, 0.15) is 11.6 Å². The van der Waals surface area contributed by atoms with Crippen LogP contribution in [0.15, 0.2) is 36.0 Å². The number of amides is 1. The lowest BCUT2D eigenvalue weighted by atomic mass is 10.2. The lowest BCUT2D eigenvalue weighted by Gasteiger charge is -2.04. The molecule has 0 heterocycles. The molecule has 0 fully saturated rings. The van der Waals surface area contributed by atoms with E-state index in [9.17, 15) is 9.59 Å². The Kier molecular flexibility index (Phi) is 5.11. The SMILES string of the molecule is CCOC(=O)c1ccc(N/C=C(/C#N)C(N)=O)cc1. The first-order valence-corrected chi connectivity index (χ1v) is 5.52. The average molecular weight is 259 g/mol. The predicted octanol–water partition coefficient (Wildman–Crippen LogP) is 1.17. The molecule has 1 rings (SSSR count). The number of ether oxygens (including phenoxy) is 1. The maximum absolute atomic E-state index is 11.4. The number of esters is 1. The average Bonchev–Trinajstić information content (AvgIpc) is 2.40. The van der Waals surface area contributed by atoms with Gasteiger partial charge < -0.3 is 15.8 Å². The Bertz CT molecular complexity index is 541. The van der Waals surface area contributed by atoms with Crippen LogP contribution in [0.4, 0.5) is 5.69 Å². The number of nitrogens with one attached hydrogen (secondary N) is 1. The van der Waals surface area contributed by atoms with Gasteiger partial charge in [0.25, 0.3) is 5.91 Å². The summed E-state index contributed by atoms with van der Waals surface area (Å²) in [6.07, 6.45) is 1.21. The van der Waals surface area contributed by atoms with Crippen molar-refractivity contribution in [3.05, 3.63) is 41.6 Å². The van der Waals surface area contributed by atoms with E-state index in [0.717, 1.165) is 0 Å². The minimum atomic E-state index is -0.807. The zero-order valence-corrected chi connectivity index (χ0v) is 10.3. The number of nitrogens with zero attached hydrogens (tertiary/aromatic N) is 1. The van der Waals surface area contributed by atoms with Crippen molar-refractivity contribution in [1.82, 2.24) is 0 Å². The molecule has 0 unspecified atom stereocenters. The van der Waals surface area contributed by atoms with E-state index in [2.05, 4.69) is 5.32 Å². The van der Waals surface area contributed by atoms with E-state index in [1.807, 2.05) is 0 Å². The summed E-state index contributed by atoms with van der Waals surface area (Å²) in [4.78, 5) is 22.2. The number of carbonyl (C=O) groups is 2. The molecule has 19 heavy (non-hydrogen) atoms. The van der Waals surface area contributed by atoms with Crippen LogP contribution in [0.5, 0.6) is 0 Å². The van der Waals surface area contributed by atoms with Crippen molar-refractivity contribution in [1.29, 1.82) is 5.26 Å². The first-order chi connectivity index (χ1) is 9.08. The summed E-state index contributed by atoms with van der Waals surface area (Å²) >= 11 is 0. The van der Waals surface area contributed by atoms with E-state index < -0.39 is 11.9 Å². The van der Waals surface area contributed by atoms with Gasteiger partial charge in [-0.1, -0.05) is 0 Å². The molecule has 1 aromatic carbocycles. The molecule has 0 spiro atoms. The Morgan fingerprint density at radius 3 is 2.53 bits per heavy atom. The molecule has 6 nitrogen and oxygen atoms in total. The van der Waals surface area contributed by atoms with Crippen LogP contribution in [-0.2, 0) is 9.53 Å². The number of anilines is 1. The minimum absolute atomic E-state index is 0.186. The summed E-state index contributed by atoms with van der Waals surface area (Å²) < 4.78 is 4.84. The number of nitrogens with two attached hydrogens (primary N) is 1. The molecule has 0 aliphatic rings. The second-order valence-electron chi connectivity index (χ2n) is 3.48. The molecule has 1 amide bonds. The largest absolute Gasteiger partial charge is 0.462 e. The van der Waals surface area contributed by atoms with Gasteiger partial charge in [0.15, 0.2) is 0 Å². The summed E-state index contributed by atoms with van der Waals surface area (Å²) in [5.74, 6) is -1.21. The Labute approximate surface area is 110 Å². The Morgan fingerprint density at radius 2 is 2.05 bits per heavy atom. The highest BCUT2D eigenvalue weighted by Crippen LogP contribution is 2.11. The number of primary amides is 1. The molecule has 0 saturated heterocycles. The first kappa shape index (κ1) is 14.3. The van der Waals surface area contributed by atoms with Crippen LogP contribution >= 0.6 is 0 Å². The summed E-state index contributed by atoms with van der Waals surface area (Å²) in [5.41, 5.74) is 5.83. The number of hydrogen-bond acceptors (Lipinski definition) is 5. The fraction of sp³-hybridized carbons (Fsp3) is 0.154. The van der Waals surface area contributed by atoms with Gasteiger partial charge in [0, 0.05) is 11.9 Å². The number of carbonyl (C=O) groups excluding carboxylic acids is 2. The van der Waals surface area contributed by atoms with Crippen LogP contribution in [0.2, 0.25) is 0 Å². The van der Waals surface area contributed by atoms with Gasteiger partial charge in [-0.15, -0.1) is 0 Å². The molecule has 0 aliphatic heterocycles. The van der Waals surface area contributed by atoms with Crippen molar-refractivity contribution < 1.29 is 14.3 Å². The second-order valence-corrected chi connectivity index (χ2v) is 3.48. The van der Waals surface area contributed by atoms with E-state index in [4.69, 9.17) is 15.7 Å². The molecule has 0 atom stereocenters. The van der Waals surface area contributed by atoms with Gasteiger partial charge in [-0.05, 0) is 31.2 Å². The van der Waals surface area contributed by atoms with Crippen LogP contribution in [0, 0.1) is 11.3 Å². The van der Waals surface area contributed by atoms with E-state index in [0.29, 0.717) is 17.9 Å². The maximum Gasteiger partial charge on any atom is 0.338 e. The molecule has 1 aromatic rings. The van der Waals surface area contributed by atoms with Gasteiger partial charge in [-0.25, -0.2) is 4.79 Å². The van der Waals surface area contributed by atoms with E-state index in [1.54, 1.807) is 37.3 Å². The number of nitriles is 1. The Balaban J connectivity index is 2.75. The van der Waals surface area contributed by atoms with Gasteiger partial charge in [0.2, 0.25) is 0 Å². The Morgan fingerprint density at radius 1 is 1.42 bits per heavy atom. The quantitative estimate of drug-likeness (QED) is 0.469. The summed E-state index contributed by atoms with van der Waals surface area (Å²) in [7, 11) is 0. The van der Waals surface area contributed by atoms with E-state index >= 15 is 0 Å². The monoisotopic (exact) mass is 259 g/mol. The van der Waals surface area contributed by atoms with Crippen LogP contribution in [0.1, 0.15) is 17.3 Å².